The van der Waals surface area contributed by atoms with E-state index in [0.717, 1.165) is 56.7 Å². The first-order chi connectivity index (χ1) is 13.1. The zero-order chi connectivity index (χ0) is 19.0. The van der Waals surface area contributed by atoms with Gasteiger partial charge in [-0.1, -0.05) is 13.3 Å². The van der Waals surface area contributed by atoms with Gasteiger partial charge in [-0.15, -0.1) is 11.3 Å². The van der Waals surface area contributed by atoms with Crippen molar-refractivity contribution in [2.45, 2.75) is 32.6 Å². The van der Waals surface area contributed by atoms with Crippen LogP contribution in [0.2, 0.25) is 0 Å². The highest BCUT2D eigenvalue weighted by molar-refractivity contribution is 7.89. The summed E-state index contributed by atoms with van der Waals surface area (Å²) in [6.07, 6.45) is 6.46. The summed E-state index contributed by atoms with van der Waals surface area (Å²) in [5.74, 6) is 0.630. The van der Waals surface area contributed by atoms with Crippen LogP contribution < -0.4 is 11.5 Å². The Labute approximate surface area is 164 Å². The summed E-state index contributed by atoms with van der Waals surface area (Å²) in [6, 6.07) is 1.98. The van der Waals surface area contributed by atoms with Gasteiger partial charge in [0, 0.05) is 58.1 Å². The van der Waals surface area contributed by atoms with Gasteiger partial charge in [0.2, 0.25) is 0 Å². The third-order valence-electron chi connectivity index (χ3n) is 4.67. The van der Waals surface area contributed by atoms with Gasteiger partial charge in [0.15, 0.2) is 0 Å². The number of unbranched alkanes of at least 4 members (excludes halogenated alkanes) is 1. The minimum absolute atomic E-state index is 0.514. The molecule has 2 aliphatic rings. The fourth-order valence-electron chi connectivity index (χ4n) is 3.31. The molecule has 1 aliphatic carbocycles. The summed E-state index contributed by atoms with van der Waals surface area (Å²) in [5.41, 5.74) is 18.0. The van der Waals surface area contributed by atoms with E-state index in [9.17, 15) is 4.21 Å². The molecule has 3 heterocycles. The van der Waals surface area contributed by atoms with Gasteiger partial charge in [-0.3, -0.25) is 9.20 Å². The molecule has 1 unspecified atom stereocenters. The van der Waals surface area contributed by atoms with Crippen LogP contribution in [0.4, 0.5) is 0 Å². The van der Waals surface area contributed by atoms with Gasteiger partial charge >= 0.3 is 0 Å². The molecule has 2 aromatic heterocycles. The summed E-state index contributed by atoms with van der Waals surface area (Å²) in [4.78, 5) is 14.4. The molecule has 27 heavy (non-hydrogen) atoms. The van der Waals surface area contributed by atoms with Crippen molar-refractivity contribution >= 4 is 33.5 Å². The standard InChI is InChI=1S/C19H21N5OS2/c1-2-3-6-27(25)16-9-14-17(18(16)21)12(13-7-11(20)10-23-13)8-15(24-14)19-22-4-5-26-19/h4-5,8,10H,2-3,6-7,9,20-21H2,1H3. The molecular formula is C19H21N5OS2. The predicted molar refractivity (Wildman–Crippen MR) is 111 cm³/mol. The minimum Gasteiger partial charge on any atom is -0.400 e. The van der Waals surface area contributed by atoms with Crippen LogP contribution in [0.15, 0.2) is 39.4 Å². The topological polar surface area (TPSA) is 107 Å². The number of allylic oxidation sites excluding steroid dienone is 2. The Morgan fingerprint density at radius 3 is 2.81 bits per heavy atom. The molecule has 0 amide bonds. The quantitative estimate of drug-likeness (QED) is 0.776. The van der Waals surface area contributed by atoms with Crippen molar-refractivity contribution in [3.8, 4) is 10.7 Å². The van der Waals surface area contributed by atoms with Gasteiger partial charge in [0.1, 0.15) is 5.01 Å². The monoisotopic (exact) mass is 399 g/mol. The molecular weight excluding hydrogens is 378 g/mol. The lowest BCUT2D eigenvalue weighted by molar-refractivity contribution is 0.683. The maximum Gasteiger partial charge on any atom is 0.141 e. The van der Waals surface area contributed by atoms with Crippen LogP contribution >= 0.6 is 11.3 Å². The van der Waals surface area contributed by atoms with Gasteiger partial charge in [-0.2, -0.15) is 0 Å². The number of pyridine rings is 1. The first-order valence-electron chi connectivity index (χ1n) is 8.91. The predicted octanol–water partition coefficient (Wildman–Crippen LogP) is 2.93. The second-order valence-corrected chi connectivity index (χ2v) is 9.07. The second kappa shape index (κ2) is 7.36. The van der Waals surface area contributed by atoms with Gasteiger partial charge in [-0.25, -0.2) is 9.97 Å². The van der Waals surface area contributed by atoms with Crippen LogP contribution in [0.5, 0.6) is 0 Å². The summed E-state index contributed by atoms with van der Waals surface area (Å²) in [6.45, 7) is 2.09. The zero-order valence-electron chi connectivity index (χ0n) is 15.1. The van der Waals surface area contributed by atoms with E-state index in [1.165, 1.54) is 11.3 Å². The van der Waals surface area contributed by atoms with Gasteiger partial charge in [0.25, 0.3) is 0 Å². The van der Waals surface area contributed by atoms with Crippen LogP contribution in [0.3, 0.4) is 0 Å². The molecule has 0 fully saturated rings. The highest BCUT2D eigenvalue weighted by Gasteiger charge is 2.30. The van der Waals surface area contributed by atoms with Gasteiger partial charge in [0.05, 0.1) is 33.6 Å². The molecule has 8 heteroatoms. The smallest absolute Gasteiger partial charge is 0.141 e. The summed E-state index contributed by atoms with van der Waals surface area (Å²) >= 11 is 1.54. The Hall–Kier alpha value is -2.32. The number of nitrogens with two attached hydrogens (primary N) is 2. The highest BCUT2D eigenvalue weighted by Crippen LogP contribution is 2.37. The van der Waals surface area contributed by atoms with Crippen molar-refractivity contribution in [1.29, 1.82) is 0 Å². The molecule has 0 saturated carbocycles. The van der Waals surface area contributed by atoms with E-state index in [1.807, 2.05) is 11.4 Å². The molecule has 0 spiro atoms. The van der Waals surface area contributed by atoms with Crippen LogP contribution in [0.1, 0.15) is 43.0 Å². The Balaban J connectivity index is 1.80. The summed E-state index contributed by atoms with van der Waals surface area (Å²) < 4.78 is 12.8. The van der Waals surface area contributed by atoms with Crippen molar-refractivity contribution in [3.05, 3.63) is 51.3 Å². The highest BCUT2D eigenvalue weighted by atomic mass is 32.2. The van der Waals surface area contributed by atoms with E-state index in [4.69, 9.17) is 16.5 Å². The molecule has 2 aromatic rings. The molecule has 1 atom stereocenters. The average Bonchev–Trinajstić information content (AvgIpc) is 3.39. The van der Waals surface area contributed by atoms with Crippen LogP contribution in [0, 0.1) is 0 Å². The molecule has 0 radical (unpaired) electrons. The molecule has 4 N–H and O–H groups in total. The Bertz CT molecular complexity index is 1010. The number of aromatic nitrogens is 2. The molecule has 140 valence electrons. The van der Waals surface area contributed by atoms with E-state index in [0.29, 0.717) is 24.3 Å². The van der Waals surface area contributed by atoms with Crippen molar-refractivity contribution in [2.24, 2.45) is 16.5 Å². The number of hydrogen-bond acceptors (Lipinski definition) is 7. The van der Waals surface area contributed by atoms with E-state index >= 15 is 0 Å². The van der Waals surface area contributed by atoms with Crippen molar-refractivity contribution in [3.63, 3.8) is 0 Å². The second-order valence-electron chi connectivity index (χ2n) is 6.59. The number of thiazole rings is 1. The number of rotatable bonds is 6. The van der Waals surface area contributed by atoms with Gasteiger partial charge < -0.3 is 11.5 Å². The lowest BCUT2D eigenvalue weighted by atomic mass is 9.99. The van der Waals surface area contributed by atoms with E-state index in [-0.39, 0.29) is 0 Å². The third-order valence-corrected chi connectivity index (χ3v) is 7.04. The fourth-order valence-corrected chi connectivity index (χ4v) is 5.35. The number of nitrogens with zero attached hydrogens (tertiary/aromatic N) is 3. The molecule has 0 bridgehead atoms. The van der Waals surface area contributed by atoms with Crippen molar-refractivity contribution in [1.82, 2.24) is 9.97 Å². The van der Waals surface area contributed by atoms with E-state index < -0.39 is 10.8 Å². The van der Waals surface area contributed by atoms with Crippen LogP contribution in [0.25, 0.3) is 16.4 Å². The maximum absolute atomic E-state index is 12.8. The maximum atomic E-state index is 12.8. The zero-order valence-corrected chi connectivity index (χ0v) is 16.7. The molecule has 4 rings (SSSR count). The van der Waals surface area contributed by atoms with Gasteiger partial charge in [-0.05, 0) is 12.5 Å². The average molecular weight is 400 g/mol. The largest absolute Gasteiger partial charge is 0.400 e. The number of fused-ring (bicyclic) bond motifs is 1. The SMILES string of the molecule is CCCCS(=O)C1=C(N)c2c(C3=NC=C(N)C3)cc(-c3nccs3)nc2C1. The van der Waals surface area contributed by atoms with Crippen molar-refractivity contribution < 1.29 is 4.21 Å². The van der Waals surface area contributed by atoms with Crippen LogP contribution in [-0.4, -0.2) is 25.6 Å². The molecule has 0 aromatic carbocycles. The molecule has 0 saturated heterocycles. The first-order valence-corrected chi connectivity index (χ1v) is 11.1. The number of aliphatic imine (C=N–C) groups is 1. The van der Waals surface area contributed by atoms with E-state index in [2.05, 4.69) is 16.9 Å². The van der Waals surface area contributed by atoms with Crippen molar-refractivity contribution in [2.75, 3.05) is 5.75 Å². The molecule has 1 aliphatic heterocycles. The minimum atomic E-state index is -1.09. The Kier molecular flexibility index (Phi) is 4.92. The number of hydrogen-bond donors (Lipinski definition) is 2. The lowest BCUT2D eigenvalue weighted by Crippen LogP contribution is -2.11. The van der Waals surface area contributed by atoms with E-state index in [1.54, 1.807) is 12.4 Å². The Morgan fingerprint density at radius 2 is 2.15 bits per heavy atom. The Morgan fingerprint density at radius 1 is 1.30 bits per heavy atom. The third kappa shape index (κ3) is 3.35. The summed E-state index contributed by atoms with van der Waals surface area (Å²) in [5, 5.41) is 2.77. The molecule has 6 nitrogen and oxygen atoms in total. The fraction of sp³-hybridized carbons (Fsp3) is 0.316. The normalized spacial score (nSPS) is 17.1. The van der Waals surface area contributed by atoms with Crippen LogP contribution in [-0.2, 0) is 17.2 Å². The lowest BCUT2D eigenvalue weighted by Gasteiger charge is -2.12. The summed E-state index contributed by atoms with van der Waals surface area (Å²) in [7, 11) is -1.09. The first kappa shape index (κ1) is 18.1.